The van der Waals surface area contributed by atoms with Gasteiger partial charge in [0.05, 0.1) is 18.0 Å². The summed E-state index contributed by atoms with van der Waals surface area (Å²) in [5, 5.41) is 7.08. The number of hydrogen-bond acceptors (Lipinski definition) is 4. The van der Waals surface area contributed by atoms with Gasteiger partial charge in [0.15, 0.2) is 0 Å². The normalized spacial score (nSPS) is 11.8. The van der Waals surface area contributed by atoms with E-state index in [4.69, 9.17) is 5.73 Å². The second-order valence-corrected chi connectivity index (χ2v) is 3.78. The van der Waals surface area contributed by atoms with Crippen molar-refractivity contribution in [2.75, 3.05) is 30.8 Å². The molecule has 1 aromatic rings. The van der Waals surface area contributed by atoms with Crippen LogP contribution < -0.4 is 11.1 Å². The third-order valence-electron chi connectivity index (χ3n) is 2.30. The molecule has 1 aromatic heterocycles. The molecular formula is C10H17F3N4O. The van der Waals surface area contributed by atoms with Gasteiger partial charge in [-0.3, -0.25) is 4.68 Å². The van der Waals surface area contributed by atoms with Gasteiger partial charge in [0.1, 0.15) is 12.4 Å². The van der Waals surface area contributed by atoms with Crippen LogP contribution in [0.4, 0.5) is 24.7 Å². The molecule has 0 spiro atoms. The van der Waals surface area contributed by atoms with Crippen LogP contribution in [-0.4, -0.2) is 35.7 Å². The van der Waals surface area contributed by atoms with Crippen molar-refractivity contribution < 1.29 is 17.9 Å². The Balaban J connectivity index is 2.38. The Kier molecular flexibility index (Phi) is 4.83. The smallest absolute Gasteiger partial charge is 0.394 e. The number of halogens is 3. The Morgan fingerprint density at radius 3 is 2.61 bits per heavy atom. The molecule has 0 bridgehead atoms. The lowest BCUT2D eigenvalue weighted by Gasteiger charge is -2.09. The van der Waals surface area contributed by atoms with Crippen LogP contribution in [0.1, 0.15) is 12.6 Å². The van der Waals surface area contributed by atoms with Gasteiger partial charge in [-0.05, 0) is 6.42 Å². The Labute approximate surface area is 103 Å². The summed E-state index contributed by atoms with van der Waals surface area (Å²) in [6, 6.07) is 0. The standard InChI is InChI=1S/C10H17F3N4O/c1-3-7-8(14)9(17(2)16-7)15-4-5-18-6-10(11,12)13/h15H,3-6,14H2,1-2H3. The number of alkyl halides is 3. The molecule has 0 aliphatic heterocycles. The molecule has 0 aromatic carbocycles. The van der Waals surface area contributed by atoms with Crippen molar-refractivity contribution in [1.29, 1.82) is 0 Å². The molecule has 0 unspecified atom stereocenters. The topological polar surface area (TPSA) is 65.1 Å². The van der Waals surface area contributed by atoms with E-state index in [-0.39, 0.29) is 13.2 Å². The van der Waals surface area contributed by atoms with Crippen LogP contribution >= 0.6 is 0 Å². The Bertz CT molecular complexity index is 389. The summed E-state index contributed by atoms with van der Waals surface area (Å²) >= 11 is 0. The minimum absolute atomic E-state index is 0.0500. The molecule has 0 atom stereocenters. The van der Waals surface area contributed by atoms with Gasteiger partial charge in [-0.25, -0.2) is 0 Å². The molecule has 0 radical (unpaired) electrons. The number of nitrogens with two attached hydrogens (primary N) is 1. The minimum atomic E-state index is -4.29. The van der Waals surface area contributed by atoms with E-state index in [0.29, 0.717) is 17.9 Å². The van der Waals surface area contributed by atoms with Crippen LogP contribution in [0.25, 0.3) is 0 Å². The van der Waals surface area contributed by atoms with Crippen molar-refractivity contribution in [3.8, 4) is 0 Å². The van der Waals surface area contributed by atoms with Gasteiger partial charge in [0, 0.05) is 13.6 Å². The maximum atomic E-state index is 11.8. The molecule has 1 heterocycles. The maximum Gasteiger partial charge on any atom is 0.411 e. The molecule has 5 nitrogen and oxygen atoms in total. The van der Waals surface area contributed by atoms with Crippen molar-refractivity contribution >= 4 is 11.5 Å². The van der Waals surface area contributed by atoms with E-state index in [9.17, 15) is 13.2 Å². The van der Waals surface area contributed by atoms with E-state index in [2.05, 4.69) is 15.2 Å². The second-order valence-electron chi connectivity index (χ2n) is 3.78. The van der Waals surface area contributed by atoms with Gasteiger partial charge in [-0.2, -0.15) is 18.3 Å². The molecule has 8 heteroatoms. The van der Waals surface area contributed by atoms with Crippen molar-refractivity contribution in [2.45, 2.75) is 19.5 Å². The predicted octanol–water partition coefficient (Wildman–Crippen LogP) is 1.56. The second kappa shape index (κ2) is 5.94. The highest BCUT2D eigenvalue weighted by Gasteiger charge is 2.27. The Morgan fingerprint density at radius 2 is 2.11 bits per heavy atom. The van der Waals surface area contributed by atoms with Gasteiger partial charge >= 0.3 is 6.18 Å². The summed E-state index contributed by atoms with van der Waals surface area (Å²) in [5.41, 5.74) is 7.12. The number of rotatable bonds is 6. The number of nitrogens with one attached hydrogen (secondary N) is 1. The Hall–Kier alpha value is -1.44. The highest BCUT2D eigenvalue weighted by Crippen LogP contribution is 2.21. The SMILES string of the molecule is CCc1nn(C)c(NCCOCC(F)(F)F)c1N. The van der Waals surface area contributed by atoms with Crippen LogP contribution in [0.5, 0.6) is 0 Å². The van der Waals surface area contributed by atoms with Crippen molar-refractivity contribution in [3.63, 3.8) is 0 Å². The lowest BCUT2D eigenvalue weighted by atomic mass is 10.3. The van der Waals surface area contributed by atoms with Crippen molar-refractivity contribution in [1.82, 2.24) is 9.78 Å². The highest BCUT2D eigenvalue weighted by molar-refractivity contribution is 5.64. The first-order valence-electron chi connectivity index (χ1n) is 5.55. The van der Waals surface area contributed by atoms with E-state index in [1.165, 1.54) is 0 Å². The molecule has 3 N–H and O–H groups in total. The average Bonchev–Trinajstić information content (AvgIpc) is 2.53. The van der Waals surface area contributed by atoms with Crippen LogP contribution in [0.3, 0.4) is 0 Å². The monoisotopic (exact) mass is 266 g/mol. The number of aromatic nitrogens is 2. The number of nitrogen functional groups attached to an aromatic ring is 1. The van der Waals surface area contributed by atoms with Crippen LogP contribution in [0.15, 0.2) is 0 Å². The average molecular weight is 266 g/mol. The molecule has 0 aliphatic rings. The molecular weight excluding hydrogens is 249 g/mol. The first kappa shape index (κ1) is 14.6. The third-order valence-corrected chi connectivity index (χ3v) is 2.30. The molecule has 104 valence electrons. The molecule has 0 amide bonds. The lowest BCUT2D eigenvalue weighted by Crippen LogP contribution is -2.20. The van der Waals surface area contributed by atoms with Gasteiger partial charge in [0.25, 0.3) is 0 Å². The van der Waals surface area contributed by atoms with Crippen molar-refractivity contribution in [3.05, 3.63) is 5.69 Å². The van der Waals surface area contributed by atoms with Crippen LogP contribution in [-0.2, 0) is 18.2 Å². The van der Waals surface area contributed by atoms with E-state index in [1.807, 2.05) is 6.92 Å². The summed E-state index contributed by atoms with van der Waals surface area (Å²) in [7, 11) is 1.72. The minimum Gasteiger partial charge on any atom is -0.394 e. The van der Waals surface area contributed by atoms with Crippen LogP contribution in [0.2, 0.25) is 0 Å². The van der Waals surface area contributed by atoms with Gasteiger partial charge < -0.3 is 15.8 Å². The van der Waals surface area contributed by atoms with E-state index in [0.717, 1.165) is 5.69 Å². The fraction of sp³-hybridized carbons (Fsp3) is 0.700. The number of nitrogens with zero attached hydrogens (tertiary/aromatic N) is 2. The molecule has 0 fully saturated rings. The zero-order valence-corrected chi connectivity index (χ0v) is 10.3. The molecule has 18 heavy (non-hydrogen) atoms. The van der Waals surface area contributed by atoms with E-state index < -0.39 is 12.8 Å². The first-order valence-corrected chi connectivity index (χ1v) is 5.55. The fourth-order valence-corrected chi connectivity index (χ4v) is 1.50. The molecule has 0 saturated carbocycles. The summed E-state index contributed by atoms with van der Waals surface area (Å²) in [6.07, 6.45) is -3.59. The molecule has 1 rings (SSSR count). The summed E-state index contributed by atoms with van der Waals surface area (Å²) < 4.78 is 41.5. The zero-order chi connectivity index (χ0) is 13.8. The number of hydrogen-bond donors (Lipinski definition) is 2. The van der Waals surface area contributed by atoms with Gasteiger partial charge in [0.2, 0.25) is 0 Å². The van der Waals surface area contributed by atoms with Crippen LogP contribution in [0, 0.1) is 0 Å². The predicted molar refractivity (Wildman–Crippen MR) is 62.4 cm³/mol. The quantitative estimate of drug-likeness (QED) is 0.767. The number of anilines is 2. The summed E-state index contributed by atoms with van der Waals surface area (Å²) in [5.74, 6) is 0.599. The fourth-order valence-electron chi connectivity index (χ4n) is 1.50. The lowest BCUT2D eigenvalue weighted by molar-refractivity contribution is -0.172. The van der Waals surface area contributed by atoms with E-state index >= 15 is 0 Å². The van der Waals surface area contributed by atoms with Gasteiger partial charge in [-0.1, -0.05) is 6.92 Å². The highest BCUT2D eigenvalue weighted by atomic mass is 19.4. The third kappa shape index (κ3) is 4.10. The van der Waals surface area contributed by atoms with Crippen molar-refractivity contribution in [2.24, 2.45) is 7.05 Å². The summed E-state index contributed by atoms with van der Waals surface area (Å²) in [6.45, 7) is 0.874. The first-order chi connectivity index (χ1) is 8.35. The number of aryl methyl sites for hydroxylation is 2. The zero-order valence-electron chi connectivity index (χ0n) is 10.3. The van der Waals surface area contributed by atoms with Gasteiger partial charge in [-0.15, -0.1) is 0 Å². The van der Waals surface area contributed by atoms with E-state index in [1.54, 1.807) is 11.7 Å². The number of ether oxygens (including phenoxy) is 1. The molecule has 0 saturated heterocycles. The summed E-state index contributed by atoms with van der Waals surface area (Å²) in [4.78, 5) is 0. The largest absolute Gasteiger partial charge is 0.411 e. The maximum absolute atomic E-state index is 11.8. The molecule has 0 aliphatic carbocycles. The Morgan fingerprint density at radius 1 is 1.44 bits per heavy atom.